The minimum absolute atomic E-state index is 0.249. The SMILES string of the molecule is C=CC(C)(C)c1c(O)c(O)cc2ccc(=O)oc12. The summed E-state index contributed by atoms with van der Waals surface area (Å²) in [6.45, 7) is 7.31. The van der Waals surface area contributed by atoms with Gasteiger partial charge in [-0.05, 0) is 12.1 Å². The molecule has 2 rings (SSSR count). The summed E-state index contributed by atoms with van der Waals surface area (Å²) in [7, 11) is 0. The Labute approximate surface area is 104 Å². The van der Waals surface area contributed by atoms with E-state index in [0.29, 0.717) is 10.9 Å². The van der Waals surface area contributed by atoms with Gasteiger partial charge in [0.05, 0.1) is 5.56 Å². The summed E-state index contributed by atoms with van der Waals surface area (Å²) in [6.07, 6.45) is 1.62. The zero-order valence-corrected chi connectivity index (χ0v) is 10.2. The number of benzene rings is 1. The molecule has 18 heavy (non-hydrogen) atoms. The number of aromatic hydroxyl groups is 2. The maximum Gasteiger partial charge on any atom is 0.336 e. The second-order valence-corrected chi connectivity index (χ2v) is 4.72. The number of fused-ring (bicyclic) bond motifs is 1. The Bertz CT molecular complexity index is 680. The summed E-state index contributed by atoms with van der Waals surface area (Å²) in [6, 6.07) is 4.17. The van der Waals surface area contributed by atoms with Crippen molar-refractivity contribution in [3.63, 3.8) is 0 Å². The van der Waals surface area contributed by atoms with Crippen molar-refractivity contribution < 1.29 is 14.6 Å². The predicted molar refractivity (Wildman–Crippen MR) is 69.0 cm³/mol. The number of hydrogen-bond donors (Lipinski definition) is 2. The topological polar surface area (TPSA) is 70.7 Å². The average Bonchev–Trinajstić information content (AvgIpc) is 2.31. The second kappa shape index (κ2) is 3.91. The number of hydrogen-bond acceptors (Lipinski definition) is 4. The summed E-state index contributed by atoms with van der Waals surface area (Å²) >= 11 is 0. The standard InChI is InChI=1S/C14H14O4/c1-4-14(2,3)11-12(17)9(15)7-8-5-6-10(16)18-13(8)11/h4-7,15,17H,1H2,2-3H3. The van der Waals surface area contributed by atoms with Gasteiger partial charge in [0.15, 0.2) is 11.5 Å². The Kier molecular flexibility index (Phi) is 2.66. The average molecular weight is 246 g/mol. The van der Waals surface area contributed by atoms with E-state index in [0.717, 1.165) is 0 Å². The van der Waals surface area contributed by atoms with Crippen molar-refractivity contribution in [1.29, 1.82) is 0 Å². The van der Waals surface area contributed by atoms with Crippen LogP contribution < -0.4 is 5.63 Å². The lowest BCUT2D eigenvalue weighted by molar-refractivity contribution is 0.391. The molecule has 1 heterocycles. The van der Waals surface area contributed by atoms with Crippen LogP contribution in [0.2, 0.25) is 0 Å². The van der Waals surface area contributed by atoms with Gasteiger partial charge in [-0.25, -0.2) is 4.79 Å². The molecular weight excluding hydrogens is 232 g/mol. The van der Waals surface area contributed by atoms with Gasteiger partial charge < -0.3 is 14.6 Å². The van der Waals surface area contributed by atoms with Crippen LogP contribution in [0.4, 0.5) is 0 Å². The highest BCUT2D eigenvalue weighted by Crippen LogP contribution is 2.42. The molecule has 0 atom stereocenters. The molecule has 0 amide bonds. The van der Waals surface area contributed by atoms with Crippen LogP contribution >= 0.6 is 0 Å². The third kappa shape index (κ3) is 1.76. The van der Waals surface area contributed by atoms with E-state index in [1.807, 2.05) is 0 Å². The van der Waals surface area contributed by atoms with Crippen LogP contribution in [-0.2, 0) is 5.41 Å². The molecule has 2 N–H and O–H groups in total. The van der Waals surface area contributed by atoms with E-state index in [1.54, 1.807) is 26.0 Å². The summed E-state index contributed by atoms with van der Waals surface area (Å²) in [5.74, 6) is -0.539. The summed E-state index contributed by atoms with van der Waals surface area (Å²) in [4.78, 5) is 11.3. The first kappa shape index (κ1) is 12.2. The van der Waals surface area contributed by atoms with Crippen LogP contribution in [0.25, 0.3) is 11.0 Å². The highest BCUT2D eigenvalue weighted by molar-refractivity contribution is 5.86. The number of phenols is 2. The van der Waals surface area contributed by atoms with Gasteiger partial charge in [-0.15, -0.1) is 6.58 Å². The molecular formula is C14H14O4. The fourth-order valence-corrected chi connectivity index (χ4v) is 1.89. The molecule has 0 unspecified atom stereocenters. The molecule has 2 aromatic rings. The highest BCUT2D eigenvalue weighted by Gasteiger charge is 2.27. The van der Waals surface area contributed by atoms with Gasteiger partial charge in [0.1, 0.15) is 5.58 Å². The van der Waals surface area contributed by atoms with Crippen LogP contribution in [0.3, 0.4) is 0 Å². The van der Waals surface area contributed by atoms with Crippen molar-refractivity contribution in [3.8, 4) is 11.5 Å². The zero-order chi connectivity index (χ0) is 13.5. The Hall–Kier alpha value is -2.23. The van der Waals surface area contributed by atoms with Crippen LogP contribution in [-0.4, -0.2) is 10.2 Å². The third-order valence-corrected chi connectivity index (χ3v) is 3.02. The lowest BCUT2D eigenvalue weighted by Crippen LogP contribution is -2.14. The second-order valence-electron chi connectivity index (χ2n) is 4.72. The van der Waals surface area contributed by atoms with Crippen LogP contribution in [0.1, 0.15) is 19.4 Å². The molecule has 0 saturated carbocycles. The molecule has 94 valence electrons. The number of phenolic OH excluding ortho intramolecular Hbond substituents is 2. The maximum atomic E-state index is 11.3. The molecule has 0 fully saturated rings. The van der Waals surface area contributed by atoms with E-state index < -0.39 is 11.0 Å². The van der Waals surface area contributed by atoms with E-state index in [2.05, 4.69) is 6.58 Å². The van der Waals surface area contributed by atoms with Gasteiger partial charge in [0, 0.05) is 16.9 Å². The summed E-state index contributed by atoms with van der Waals surface area (Å²) < 4.78 is 5.14. The van der Waals surface area contributed by atoms with E-state index in [9.17, 15) is 15.0 Å². The fraction of sp³-hybridized carbons (Fsp3) is 0.214. The monoisotopic (exact) mass is 246 g/mol. The van der Waals surface area contributed by atoms with E-state index in [-0.39, 0.29) is 17.1 Å². The van der Waals surface area contributed by atoms with Gasteiger partial charge >= 0.3 is 5.63 Å². The van der Waals surface area contributed by atoms with Crippen molar-refractivity contribution in [2.45, 2.75) is 19.3 Å². The molecule has 1 aromatic carbocycles. The van der Waals surface area contributed by atoms with Gasteiger partial charge in [-0.1, -0.05) is 19.9 Å². The number of allylic oxidation sites excluding steroid dienone is 1. The van der Waals surface area contributed by atoms with Gasteiger partial charge in [-0.3, -0.25) is 0 Å². The maximum absolute atomic E-state index is 11.3. The number of rotatable bonds is 2. The molecule has 0 radical (unpaired) electrons. The smallest absolute Gasteiger partial charge is 0.336 e. The predicted octanol–water partition coefficient (Wildman–Crippen LogP) is 2.67. The lowest BCUT2D eigenvalue weighted by atomic mass is 9.83. The zero-order valence-electron chi connectivity index (χ0n) is 10.2. The minimum atomic E-state index is -0.641. The van der Waals surface area contributed by atoms with Crippen LogP contribution in [0.5, 0.6) is 11.5 Å². The first-order valence-corrected chi connectivity index (χ1v) is 5.49. The molecule has 4 heteroatoms. The Balaban J connectivity index is 3.00. The molecule has 0 bridgehead atoms. The van der Waals surface area contributed by atoms with Crippen LogP contribution in [0.15, 0.2) is 40.1 Å². The first-order chi connectivity index (χ1) is 8.36. The van der Waals surface area contributed by atoms with Crippen molar-refractivity contribution >= 4 is 11.0 Å². The van der Waals surface area contributed by atoms with Gasteiger partial charge in [0.25, 0.3) is 0 Å². The Morgan fingerprint density at radius 1 is 1.33 bits per heavy atom. The molecule has 0 aliphatic heterocycles. The molecule has 0 aliphatic carbocycles. The molecule has 0 spiro atoms. The summed E-state index contributed by atoms with van der Waals surface area (Å²) in [5, 5.41) is 20.3. The van der Waals surface area contributed by atoms with E-state index >= 15 is 0 Å². The van der Waals surface area contributed by atoms with Crippen molar-refractivity contribution in [1.82, 2.24) is 0 Å². The third-order valence-electron chi connectivity index (χ3n) is 3.02. The normalized spacial score (nSPS) is 11.7. The minimum Gasteiger partial charge on any atom is -0.504 e. The summed E-state index contributed by atoms with van der Waals surface area (Å²) in [5.41, 5.74) is -0.528. The van der Waals surface area contributed by atoms with Crippen molar-refractivity contribution in [3.05, 3.63) is 46.8 Å². The molecule has 0 aliphatic rings. The van der Waals surface area contributed by atoms with Crippen molar-refractivity contribution in [2.75, 3.05) is 0 Å². The fourth-order valence-electron chi connectivity index (χ4n) is 1.89. The highest BCUT2D eigenvalue weighted by atomic mass is 16.4. The lowest BCUT2D eigenvalue weighted by Gasteiger charge is -2.22. The quantitative estimate of drug-likeness (QED) is 0.485. The first-order valence-electron chi connectivity index (χ1n) is 5.49. The van der Waals surface area contributed by atoms with Crippen molar-refractivity contribution in [2.24, 2.45) is 0 Å². The van der Waals surface area contributed by atoms with E-state index in [1.165, 1.54) is 12.1 Å². The Morgan fingerprint density at radius 3 is 2.61 bits per heavy atom. The van der Waals surface area contributed by atoms with Gasteiger partial charge in [-0.2, -0.15) is 0 Å². The molecule has 4 nitrogen and oxygen atoms in total. The van der Waals surface area contributed by atoms with Crippen LogP contribution in [0, 0.1) is 0 Å². The largest absolute Gasteiger partial charge is 0.504 e. The van der Waals surface area contributed by atoms with Gasteiger partial charge in [0.2, 0.25) is 0 Å². The molecule has 0 saturated heterocycles. The Morgan fingerprint density at radius 2 is 2.00 bits per heavy atom. The molecule has 1 aromatic heterocycles. The van der Waals surface area contributed by atoms with E-state index in [4.69, 9.17) is 4.42 Å².